The Morgan fingerprint density at radius 2 is 2.38 bits per heavy atom. The molecule has 1 aliphatic carbocycles. The smallest absolute Gasteiger partial charge is 0.272 e. The van der Waals surface area contributed by atoms with Gasteiger partial charge < -0.3 is 10.6 Å². The van der Waals surface area contributed by atoms with Crippen LogP contribution in [0.3, 0.4) is 0 Å². The van der Waals surface area contributed by atoms with E-state index in [0.29, 0.717) is 11.7 Å². The average Bonchev–Trinajstić information content (AvgIpc) is 2.84. The number of hydrogen-bond acceptors (Lipinski definition) is 3. The van der Waals surface area contributed by atoms with Crippen LogP contribution in [0.15, 0.2) is 12.1 Å². The fraction of sp³-hybridized carbons (Fsp3) is 0.455. The average molecular weight is 218 g/mol. The van der Waals surface area contributed by atoms with Gasteiger partial charge in [0.05, 0.1) is 11.4 Å². The number of H-pyrrole nitrogens is 1. The highest BCUT2D eigenvalue weighted by atomic mass is 16.2. The molecule has 0 aromatic carbocycles. The Kier molecular flexibility index (Phi) is 2.16. The third-order valence-corrected chi connectivity index (χ3v) is 2.82. The number of aromatic nitrogens is 2. The molecule has 0 radical (unpaired) electrons. The van der Waals surface area contributed by atoms with Crippen molar-refractivity contribution < 1.29 is 4.79 Å². The molecule has 0 spiro atoms. The van der Waals surface area contributed by atoms with Crippen molar-refractivity contribution in [2.24, 2.45) is 0 Å². The maximum Gasteiger partial charge on any atom is 0.272 e. The number of hydrogen-bond donors (Lipinski definition) is 3. The molecule has 1 saturated carbocycles. The lowest BCUT2D eigenvalue weighted by Crippen LogP contribution is -2.25. The number of aromatic amines is 1. The highest BCUT2D eigenvalue weighted by Gasteiger charge is 2.25. The number of nitrogens with zero attached hydrogens (tertiary/aromatic N) is 1. The van der Waals surface area contributed by atoms with Crippen LogP contribution in [0.2, 0.25) is 0 Å². The fourth-order valence-electron chi connectivity index (χ4n) is 1.76. The molecule has 0 atom stereocenters. The Morgan fingerprint density at radius 1 is 1.50 bits per heavy atom. The molecule has 3 rings (SSSR count). The number of carbonyl (C=O) groups excluding carboxylic acids is 1. The van der Waals surface area contributed by atoms with E-state index in [-0.39, 0.29) is 5.91 Å². The monoisotopic (exact) mass is 218 g/mol. The third kappa shape index (κ3) is 1.80. The van der Waals surface area contributed by atoms with Gasteiger partial charge in [0.15, 0.2) is 5.69 Å². The molecule has 84 valence electrons. The lowest BCUT2D eigenvalue weighted by molar-refractivity contribution is 0.0946. The Hall–Kier alpha value is -1.78. The van der Waals surface area contributed by atoms with Gasteiger partial charge in [-0.1, -0.05) is 6.08 Å². The van der Waals surface area contributed by atoms with Gasteiger partial charge in [0.2, 0.25) is 0 Å². The van der Waals surface area contributed by atoms with E-state index in [1.807, 2.05) is 0 Å². The van der Waals surface area contributed by atoms with Crippen molar-refractivity contribution in [2.75, 3.05) is 6.54 Å². The van der Waals surface area contributed by atoms with Crippen LogP contribution in [0.5, 0.6) is 0 Å². The minimum absolute atomic E-state index is 0.0800. The summed E-state index contributed by atoms with van der Waals surface area (Å²) in [5.41, 5.74) is 2.40. The van der Waals surface area contributed by atoms with Crippen molar-refractivity contribution >= 4 is 11.6 Å². The second kappa shape index (κ2) is 3.66. The predicted molar refractivity (Wildman–Crippen MR) is 59.7 cm³/mol. The van der Waals surface area contributed by atoms with Crippen molar-refractivity contribution in [3.05, 3.63) is 23.5 Å². The van der Waals surface area contributed by atoms with Crippen molar-refractivity contribution in [1.82, 2.24) is 20.8 Å². The molecular weight excluding hydrogens is 204 g/mol. The van der Waals surface area contributed by atoms with Crippen LogP contribution in [-0.2, 0) is 0 Å². The van der Waals surface area contributed by atoms with Gasteiger partial charge in [-0.2, -0.15) is 5.10 Å². The van der Waals surface area contributed by atoms with E-state index in [0.717, 1.165) is 37.2 Å². The minimum atomic E-state index is -0.0800. The first-order valence-electron chi connectivity index (χ1n) is 5.63. The lowest BCUT2D eigenvalue weighted by Gasteiger charge is -1.99. The quantitative estimate of drug-likeness (QED) is 0.697. The van der Waals surface area contributed by atoms with Crippen molar-refractivity contribution in [2.45, 2.75) is 25.3 Å². The first-order chi connectivity index (χ1) is 7.83. The molecule has 1 aromatic heterocycles. The molecule has 3 N–H and O–H groups in total. The summed E-state index contributed by atoms with van der Waals surface area (Å²) in [6.45, 7) is 0.956. The first kappa shape index (κ1) is 9.45. The Bertz CT molecular complexity index is 445. The molecule has 16 heavy (non-hydrogen) atoms. The summed E-state index contributed by atoms with van der Waals surface area (Å²) in [5.74, 6) is -0.0800. The van der Waals surface area contributed by atoms with Gasteiger partial charge in [-0.15, -0.1) is 0 Å². The van der Waals surface area contributed by atoms with Crippen LogP contribution < -0.4 is 10.6 Å². The Morgan fingerprint density at radius 3 is 3.06 bits per heavy atom. The van der Waals surface area contributed by atoms with Crippen molar-refractivity contribution in [3.63, 3.8) is 0 Å². The molecule has 2 heterocycles. The molecule has 1 aromatic rings. The molecule has 0 saturated heterocycles. The Balaban J connectivity index is 1.73. The van der Waals surface area contributed by atoms with Gasteiger partial charge in [0.1, 0.15) is 0 Å². The molecule has 2 aliphatic rings. The summed E-state index contributed by atoms with van der Waals surface area (Å²) in [7, 11) is 0. The highest BCUT2D eigenvalue weighted by Crippen LogP contribution is 2.20. The van der Waals surface area contributed by atoms with Gasteiger partial charge >= 0.3 is 0 Å². The van der Waals surface area contributed by atoms with E-state index in [9.17, 15) is 4.79 Å². The lowest BCUT2D eigenvalue weighted by atomic mass is 10.3. The second-order valence-electron chi connectivity index (χ2n) is 4.25. The summed E-state index contributed by atoms with van der Waals surface area (Å²) in [4.78, 5) is 11.7. The predicted octanol–water partition coefficient (Wildman–Crippen LogP) is 0.636. The van der Waals surface area contributed by atoms with Gasteiger partial charge in [-0.3, -0.25) is 9.89 Å². The maximum atomic E-state index is 11.7. The first-order valence-corrected chi connectivity index (χ1v) is 5.63. The molecule has 0 unspecified atom stereocenters. The van der Waals surface area contributed by atoms with Gasteiger partial charge in [0, 0.05) is 12.6 Å². The van der Waals surface area contributed by atoms with Crippen molar-refractivity contribution in [1.29, 1.82) is 0 Å². The van der Waals surface area contributed by atoms with Crippen LogP contribution in [0.1, 0.15) is 35.4 Å². The summed E-state index contributed by atoms with van der Waals surface area (Å²) < 4.78 is 0. The van der Waals surface area contributed by atoms with Gasteiger partial charge in [0.25, 0.3) is 5.91 Å². The maximum absolute atomic E-state index is 11.7. The molecule has 5 nitrogen and oxygen atoms in total. The fourth-order valence-corrected chi connectivity index (χ4v) is 1.76. The zero-order valence-corrected chi connectivity index (χ0v) is 8.92. The summed E-state index contributed by atoms with van der Waals surface area (Å²) in [6.07, 6.45) is 5.32. The van der Waals surface area contributed by atoms with Crippen molar-refractivity contribution in [3.8, 4) is 0 Å². The second-order valence-corrected chi connectivity index (χ2v) is 4.25. The van der Waals surface area contributed by atoms with Crippen LogP contribution in [0.25, 0.3) is 5.70 Å². The third-order valence-electron chi connectivity index (χ3n) is 2.82. The normalized spacial score (nSPS) is 19.1. The zero-order valence-electron chi connectivity index (χ0n) is 8.92. The largest absolute Gasteiger partial charge is 0.383 e. The van der Waals surface area contributed by atoms with E-state index >= 15 is 0 Å². The van der Waals surface area contributed by atoms with E-state index < -0.39 is 0 Å². The number of rotatable bonds is 3. The molecule has 5 heteroatoms. The molecular formula is C11H14N4O. The molecule has 0 bridgehead atoms. The van der Waals surface area contributed by atoms with E-state index in [1.165, 1.54) is 0 Å². The van der Waals surface area contributed by atoms with E-state index in [4.69, 9.17) is 0 Å². The SMILES string of the molecule is O=C(NC1CC1)c1cc(C2=CCCN2)[nH]n1. The van der Waals surface area contributed by atoms with Gasteiger partial charge in [-0.05, 0) is 25.3 Å². The molecule has 1 aliphatic heterocycles. The van der Waals surface area contributed by atoms with Crippen LogP contribution >= 0.6 is 0 Å². The Labute approximate surface area is 93.3 Å². The summed E-state index contributed by atoms with van der Waals surface area (Å²) in [5, 5.41) is 13.1. The number of carbonyl (C=O) groups is 1. The molecule has 1 fully saturated rings. The highest BCUT2D eigenvalue weighted by molar-refractivity contribution is 5.93. The van der Waals surface area contributed by atoms with Crippen LogP contribution in [-0.4, -0.2) is 28.7 Å². The van der Waals surface area contributed by atoms with E-state index in [2.05, 4.69) is 26.9 Å². The molecule has 1 amide bonds. The number of amides is 1. The number of nitrogens with one attached hydrogen (secondary N) is 3. The zero-order chi connectivity index (χ0) is 11.0. The van der Waals surface area contributed by atoms with E-state index in [1.54, 1.807) is 6.07 Å². The van der Waals surface area contributed by atoms with Crippen LogP contribution in [0, 0.1) is 0 Å². The van der Waals surface area contributed by atoms with Crippen LogP contribution in [0.4, 0.5) is 0 Å². The standard InChI is InChI=1S/C11H14N4O/c16-11(13-7-3-4-7)10-6-9(14-15-10)8-2-1-5-12-8/h2,6-7,12H,1,3-5H2,(H,13,16)(H,14,15). The van der Waals surface area contributed by atoms with Gasteiger partial charge in [-0.25, -0.2) is 0 Å². The summed E-state index contributed by atoms with van der Waals surface area (Å²) in [6, 6.07) is 2.17. The topological polar surface area (TPSA) is 69.8 Å². The minimum Gasteiger partial charge on any atom is -0.383 e. The summed E-state index contributed by atoms with van der Waals surface area (Å²) >= 11 is 0.